The van der Waals surface area contributed by atoms with E-state index in [9.17, 15) is 0 Å². The van der Waals surface area contributed by atoms with Gasteiger partial charge in [0.05, 0.1) is 27.2 Å². The molecule has 0 aliphatic heterocycles. The van der Waals surface area contributed by atoms with Gasteiger partial charge < -0.3 is 16.9 Å². The third kappa shape index (κ3) is 24.5. The van der Waals surface area contributed by atoms with Gasteiger partial charge in [0.15, 0.2) is 0 Å². The van der Waals surface area contributed by atoms with E-state index in [1.165, 1.54) is 120 Å². The highest BCUT2D eigenvalue weighted by Crippen LogP contribution is 2.13. The largest absolute Gasteiger partial charge is 1.00 e. The number of hydrogen-bond donors (Lipinski definition) is 0. The molecule has 0 aromatic heterocycles. The van der Waals surface area contributed by atoms with Crippen molar-refractivity contribution in [3.8, 4) is 0 Å². The van der Waals surface area contributed by atoms with Gasteiger partial charge in [-0.1, -0.05) is 90.9 Å². The van der Waals surface area contributed by atoms with Gasteiger partial charge in [-0.3, -0.25) is 0 Å². The van der Waals surface area contributed by atoms with Crippen LogP contribution in [0.15, 0.2) is 0 Å². The molecule has 1 nitrogen and oxygen atoms in total. The van der Waals surface area contributed by atoms with Crippen LogP contribution in [0.1, 0.15) is 117 Å². The molecule has 0 aromatic carbocycles. The molecule has 0 rings (SSSR count). The summed E-state index contributed by atoms with van der Waals surface area (Å²) in [5.41, 5.74) is 0. The number of rotatable bonds is 18. The fourth-order valence-corrected chi connectivity index (χ4v) is 3.46. The summed E-state index contributed by atoms with van der Waals surface area (Å²) in [7, 11) is 4.87. The van der Waals surface area contributed by atoms with Crippen molar-refractivity contribution in [1.82, 2.24) is 0 Å². The summed E-state index contributed by atoms with van der Waals surface area (Å²) in [4.78, 5) is 0. The Hall–Kier alpha value is 0.540. The summed E-state index contributed by atoms with van der Waals surface area (Å²) >= 11 is 0. The summed E-state index contributed by atoms with van der Waals surface area (Å²) in [6.07, 6.45) is 23.0. The Labute approximate surface area is 173 Å². The van der Waals surface area contributed by atoms with Crippen molar-refractivity contribution < 1.29 is 16.9 Å². The van der Waals surface area contributed by atoms with Crippen molar-refractivity contribution >= 4 is 12.4 Å². The highest BCUT2D eigenvalue weighted by Gasteiger charge is 2.13. The zero-order valence-corrected chi connectivity index (χ0v) is 19.5. The summed E-state index contributed by atoms with van der Waals surface area (Å²) in [5.74, 6) is 0. The van der Waals surface area contributed by atoms with E-state index in [0.29, 0.717) is 0 Å². The van der Waals surface area contributed by atoms with Crippen molar-refractivity contribution in [3.63, 3.8) is 0 Å². The van der Waals surface area contributed by atoms with Crippen LogP contribution in [0.4, 0.5) is 0 Å². The van der Waals surface area contributed by atoms with E-state index >= 15 is 0 Å². The van der Waals surface area contributed by atoms with E-state index in [4.69, 9.17) is 0 Å². The molecule has 0 aliphatic carbocycles. The Kier molecular flexibility index (Phi) is 27.3. The molecule has 0 aromatic rings. The fourth-order valence-electron chi connectivity index (χ4n) is 3.46. The molecule has 0 heterocycles. The van der Waals surface area contributed by atoms with Crippen LogP contribution in [-0.2, 0) is 0 Å². The molecule has 0 spiro atoms. The minimum atomic E-state index is 0. The van der Waals surface area contributed by atoms with Crippen LogP contribution >= 0.6 is 12.4 Å². The Morgan fingerprint density at radius 3 is 0.960 bits per heavy atom. The molecule has 0 saturated heterocycles. The number of quaternary nitrogens is 1. The summed E-state index contributed by atoms with van der Waals surface area (Å²) < 4.78 is 1.24. The average molecular weight is 399 g/mol. The van der Waals surface area contributed by atoms with Crippen molar-refractivity contribution in [2.75, 3.05) is 27.2 Å². The number of nitrogens with zero attached hydrogens (tertiary/aromatic N) is 1. The Balaban J connectivity index is -0.00000242. The topological polar surface area (TPSA) is 0 Å². The Morgan fingerprint density at radius 1 is 0.440 bits per heavy atom. The second-order valence-corrected chi connectivity index (χ2v) is 8.33. The molecular weight excluding hydrogens is 349 g/mol. The van der Waals surface area contributed by atoms with E-state index < -0.39 is 0 Å². The molecule has 0 bridgehead atoms. The van der Waals surface area contributed by atoms with Gasteiger partial charge in [0, 0.05) is 0 Å². The van der Waals surface area contributed by atoms with E-state index in [1.807, 2.05) is 0 Å². The van der Waals surface area contributed by atoms with Crippen LogP contribution in [-0.4, -0.2) is 31.7 Å². The zero-order chi connectivity index (χ0) is 17.2. The van der Waals surface area contributed by atoms with E-state index in [0.717, 1.165) is 0 Å². The van der Waals surface area contributed by atoms with Crippen LogP contribution in [0.2, 0.25) is 0 Å². The van der Waals surface area contributed by atoms with Crippen LogP contribution in [0, 0.1) is 0 Å². The molecule has 0 radical (unpaired) electrons. The molecule has 3 heteroatoms. The molecule has 0 amide bonds. The summed E-state index contributed by atoms with van der Waals surface area (Å²) in [5, 5.41) is 0. The monoisotopic (exact) mass is 397 g/mol. The molecule has 156 valence electrons. The van der Waals surface area contributed by atoms with Gasteiger partial charge in [-0.15, -0.1) is 12.4 Å². The minimum Gasteiger partial charge on any atom is -1.00 e. The smallest absolute Gasteiger partial charge is 0.0782 e. The quantitative estimate of drug-likeness (QED) is 0.230. The molecular formula is C22H49Cl2N. The van der Waals surface area contributed by atoms with Crippen LogP contribution in [0.5, 0.6) is 0 Å². The summed E-state index contributed by atoms with van der Waals surface area (Å²) in [6.45, 7) is 7.36. The maximum atomic E-state index is 2.43. The fraction of sp³-hybridized carbons (Fsp3) is 1.00. The van der Waals surface area contributed by atoms with Crippen LogP contribution in [0.3, 0.4) is 0 Å². The van der Waals surface area contributed by atoms with Gasteiger partial charge in [0.1, 0.15) is 0 Å². The first-order chi connectivity index (χ1) is 11.1. The lowest BCUT2D eigenvalue weighted by atomic mass is 10.1. The van der Waals surface area contributed by atoms with Gasteiger partial charge in [0.25, 0.3) is 0 Å². The first-order valence-electron chi connectivity index (χ1n) is 10.9. The minimum absolute atomic E-state index is 0. The van der Waals surface area contributed by atoms with Gasteiger partial charge in [-0.2, -0.15) is 0 Å². The first-order valence-corrected chi connectivity index (χ1v) is 10.9. The predicted octanol–water partition coefficient (Wildman–Crippen LogP) is 4.77. The lowest BCUT2D eigenvalue weighted by Crippen LogP contribution is -3.00. The zero-order valence-electron chi connectivity index (χ0n) is 18.0. The standard InChI is InChI=1S/C22H48N.2ClH/c1-5-7-9-11-13-15-17-19-21-23(3,4)22-20-18-16-14-12-10-8-6-2;;/h5-22H2,1-4H3;2*1H/q+1;;/p-1. The van der Waals surface area contributed by atoms with Gasteiger partial charge in [-0.25, -0.2) is 0 Å². The number of unbranched alkanes of at least 4 members (excludes halogenated alkanes) is 14. The van der Waals surface area contributed by atoms with Crippen molar-refractivity contribution in [1.29, 1.82) is 0 Å². The highest BCUT2D eigenvalue weighted by molar-refractivity contribution is 5.85. The van der Waals surface area contributed by atoms with Gasteiger partial charge in [0.2, 0.25) is 0 Å². The molecule has 0 atom stereocenters. The molecule has 25 heavy (non-hydrogen) atoms. The third-order valence-electron chi connectivity index (χ3n) is 5.23. The molecule has 0 unspecified atom stereocenters. The van der Waals surface area contributed by atoms with E-state index in [2.05, 4.69) is 27.9 Å². The van der Waals surface area contributed by atoms with Crippen molar-refractivity contribution in [2.24, 2.45) is 0 Å². The first kappa shape index (κ1) is 30.3. The Morgan fingerprint density at radius 2 is 0.680 bits per heavy atom. The van der Waals surface area contributed by atoms with E-state index in [1.54, 1.807) is 0 Å². The molecule has 0 fully saturated rings. The second kappa shape index (κ2) is 22.6. The van der Waals surface area contributed by atoms with Crippen LogP contribution < -0.4 is 12.4 Å². The lowest BCUT2D eigenvalue weighted by molar-refractivity contribution is -0.890. The lowest BCUT2D eigenvalue weighted by Gasteiger charge is -2.30. The van der Waals surface area contributed by atoms with Crippen LogP contribution in [0.25, 0.3) is 0 Å². The maximum Gasteiger partial charge on any atom is 0.0782 e. The average Bonchev–Trinajstić information content (AvgIpc) is 2.52. The van der Waals surface area contributed by atoms with Crippen molar-refractivity contribution in [3.05, 3.63) is 0 Å². The second-order valence-electron chi connectivity index (χ2n) is 8.33. The number of hydrogen-bond acceptors (Lipinski definition) is 0. The Bertz CT molecular complexity index is 210. The van der Waals surface area contributed by atoms with Gasteiger partial charge in [-0.05, 0) is 25.7 Å². The number of halogens is 2. The maximum absolute atomic E-state index is 2.43. The van der Waals surface area contributed by atoms with Crippen molar-refractivity contribution in [2.45, 2.75) is 117 Å². The highest BCUT2D eigenvalue weighted by atomic mass is 35.5. The summed E-state index contributed by atoms with van der Waals surface area (Å²) in [6, 6.07) is 0. The normalized spacial score (nSPS) is 11.0. The SMILES string of the molecule is CCCCCCCCCC[N+](C)(C)CCCCCCCCCC.Cl.[Cl-]. The molecule has 0 N–H and O–H groups in total. The molecule has 0 aliphatic rings. The predicted molar refractivity (Wildman–Crippen MR) is 114 cm³/mol. The molecule has 0 saturated carbocycles. The third-order valence-corrected chi connectivity index (χ3v) is 5.23. The van der Waals surface area contributed by atoms with Gasteiger partial charge >= 0.3 is 0 Å². The van der Waals surface area contributed by atoms with E-state index in [-0.39, 0.29) is 24.8 Å².